The number of halogens is 1. The van der Waals surface area contributed by atoms with Gasteiger partial charge >= 0.3 is 0 Å². The first-order valence-corrected chi connectivity index (χ1v) is 9.73. The van der Waals surface area contributed by atoms with E-state index in [2.05, 4.69) is 5.32 Å². The van der Waals surface area contributed by atoms with Crippen molar-refractivity contribution in [2.75, 3.05) is 20.3 Å². The lowest BCUT2D eigenvalue weighted by Crippen LogP contribution is -2.48. The second-order valence-corrected chi connectivity index (χ2v) is 7.03. The fourth-order valence-corrected chi connectivity index (χ4v) is 2.96. The van der Waals surface area contributed by atoms with Crippen molar-refractivity contribution in [3.05, 3.63) is 70.7 Å². The molecule has 0 aliphatic rings. The van der Waals surface area contributed by atoms with E-state index < -0.39 is 6.04 Å². The Balaban J connectivity index is 2.08. The Hall–Kier alpha value is -2.37. The monoisotopic (exact) mass is 402 g/mol. The van der Waals surface area contributed by atoms with Crippen molar-refractivity contribution < 1.29 is 14.3 Å². The molecule has 0 aromatic heterocycles. The summed E-state index contributed by atoms with van der Waals surface area (Å²) < 4.78 is 4.97. The molecule has 0 aliphatic carbocycles. The smallest absolute Gasteiger partial charge is 0.242 e. The average molecular weight is 403 g/mol. The van der Waals surface area contributed by atoms with Crippen LogP contribution >= 0.6 is 11.6 Å². The molecular weight excluding hydrogens is 376 g/mol. The van der Waals surface area contributed by atoms with Gasteiger partial charge in [-0.05, 0) is 36.6 Å². The maximum atomic E-state index is 13.0. The van der Waals surface area contributed by atoms with Gasteiger partial charge in [-0.1, -0.05) is 54.1 Å². The highest BCUT2D eigenvalue weighted by molar-refractivity contribution is 6.30. The number of aryl methyl sites for hydroxylation is 1. The predicted molar refractivity (Wildman–Crippen MR) is 111 cm³/mol. The SMILES string of the molecule is COCCNC(=O)[C@H](C)N(Cc1ccc(Cl)cc1)C(=O)CCc1ccccc1. The summed E-state index contributed by atoms with van der Waals surface area (Å²) in [6, 6.07) is 16.6. The van der Waals surface area contributed by atoms with E-state index in [1.807, 2.05) is 42.5 Å². The van der Waals surface area contributed by atoms with Gasteiger partial charge in [0, 0.05) is 31.6 Å². The topological polar surface area (TPSA) is 58.6 Å². The van der Waals surface area contributed by atoms with Crippen molar-refractivity contribution >= 4 is 23.4 Å². The Bertz CT molecular complexity index is 750. The molecule has 0 fully saturated rings. The number of methoxy groups -OCH3 is 1. The van der Waals surface area contributed by atoms with Crippen LogP contribution in [0.3, 0.4) is 0 Å². The zero-order valence-corrected chi connectivity index (χ0v) is 17.1. The van der Waals surface area contributed by atoms with Crippen molar-refractivity contribution in [3.8, 4) is 0 Å². The van der Waals surface area contributed by atoms with Crippen LogP contribution in [0.15, 0.2) is 54.6 Å². The minimum Gasteiger partial charge on any atom is -0.383 e. The molecule has 0 spiro atoms. The van der Waals surface area contributed by atoms with Gasteiger partial charge in [0.05, 0.1) is 6.61 Å². The molecule has 5 nitrogen and oxygen atoms in total. The lowest BCUT2D eigenvalue weighted by molar-refractivity contribution is -0.140. The zero-order chi connectivity index (χ0) is 20.4. The van der Waals surface area contributed by atoms with Crippen LogP contribution in [0, 0.1) is 0 Å². The van der Waals surface area contributed by atoms with Crippen LogP contribution in [0.25, 0.3) is 0 Å². The molecule has 0 saturated carbocycles. The number of hydrogen-bond acceptors (Lipinski definition) is 3. The minimum atomic E-state index is -0.587. The quantitative estimate of drug-likeness (QED) is 0.619. The summed E-state index contributed by atoms with van der Waals surface area (Å²) in [5, 5.41) is 3.44. The minimum absolute atomic E-state index is 0.0619. The van der Waals surface area contributed by atoms with Crippen molar-refractivity contribution in [2.45, 2.75) is 32.4 Å². The van der Waals surface area contributed by atoms with E-state index in [-0.39, 0.29) is 11.8 Å². The number of amides is 2. The Morgan fingerprint density at radius 1 is 1.07 bits per heavy atom. The maximum absolute atomic E-state index is 13.0. The lowest BCUT2D eigenvalue weighted by atomic mass is 10.1. The van der Waals surface area contributed by atoms with Crippen molar-refractivity contribution in [1.29, 1.82) is 0 Å². The second kappa shape index (κ2) is 11.5. The van der Waals surface area contributed by atoms with Crippen LogP contribution in [-0.4, -0.2) is 43.0 Å². The molecule has 0 radical (unpaired) electrons. The summed E-state index contributed by atoms with van der Waals surface area (Å²) in [4.78, 5) is 27.1. The average Bonchev–Trinajstić information content (AvgIpc) is 2.72. The molecule has 0 aliphatic heterocycles. The van der Waals surface area contributed by atoms with Crippen molar-refractivity contribution in [1.82, 2.24) is 10.2 Å². The molecule has 0 bridgehead atoms. The largest absolute Gasteiger partial charge is 0.383 e. The number of benzene rings is 2. The van der Waals surface area contributed by atoms with Crippen LogP contribution < -0.4 is 5.32 Å². The number of rotatable bonds is 10. The van der Waals surface area contributed by atoms with E-state index in [0.29, 0.717) is 37.6 Å². The molecule has 2 rings (SSSR count). The summed E-state index contributed by atoms with van der Waals surface area (Å²) in [6.45, 7) is 2.94. The first-order chi connectivity index (χ1) is 13.5. The van der Waals surface area contributed by atoms with Gasteiger partial charge in [-0.3, -0.25) is 9.59 Å². The molecule has 2 aromatic rings. The molecule has 1 atom stereocenters. The van der Waals surface area contributed by atoms with Gasteiger partial charge in [-0.15, -0.1) is 0 Å². The normalized spacial score (nSPS) is 11.7. The summed E-state index contributed by atoms with van der Waals surface area (Å²) in [5.74, 6) is -0.257. The van der Waals surface area contributed by atoms with Crippen LogP contribution in [0.2, 0.25) is 5.02 Å². The molecule has 28 heavy (non-hydrogen) atoms. The molecule has 0 saturated heterocycles. The summed E-state index contributed by atoms with van der Waals surface area (Å²) in [7, 11) is 1.58. The second-order valence-electron chi connectivity index (χ2n) is 6.59. The molecule has 150 valence electrons. The van der Waals surface area contributed by atoms with E-state index in [9.17, 15) is 9.59 Å². The van der Waals surface area contributed by atoms with Crippen LogP contribution in [0.4, 0.5) is 0 Å². The third-order valence-electron chi connectivity index (χ3n) is 4.51. The highest BCUT2D eigenvalue weighted by atomic mass is 35.5. The number of carbonyl (C=O) groups is 2. The number of nitrogens with one attached hydrogen (secondary N) is 1. The number of carbonyl (C=O) groups excluding carboxylic acids is 2. The van der Waals surface area contributed by atoms with Gasteiger partial charge in [0.25, 0.3) is 0 Å². The van der Waals surface area contributed by atoms with E-state index in [4.69, 9.17) is 16.3 Å². The van der Waals surface area contributed by atoms with Crippen LogP contribution in [0.1, 0.15) is 24.5 Å². The molecule has 6 heteroatoms. The molecular formula is C22H27ClN2O3. The third kappa shape index (κ3) is 6.98. The van der Waals surface area contributed by atoms with Crippen LogP contribution in [0.5, 0.6) is 0 Å². The Kier molecular flexibility index (Phi) is 8.98. The molecule has 1 N–H and O–H groups in total. The number of nitrogens with zero attached hydrogens (tertiary/aromatic N) is 1. The standard InChI is InChI=1S/C22H27ClN2O3/c1-17(22(27)24-14-15-28-2)25(16-19-8-11-20(23)12-9-19)21(26)13-10-18-6-4-3-5-7-18/h3-9,11-12,17H,10,13-16H2,1-2H3,(H,24,27)/t17-/m0/s1. The molecule has 2 aromatic carbocycles. The predicted octanol–water partition coefficient (Wildman–Crippen LogP) is 3.45. The van der Waals surface area contributed by atoms with Gasteiger partial charge in [-0.2, -0.15) is 0 Å². The van der Waals surface area contributed by atoms with Gasteiger partial charge in [0.15, 0.2) is 0 Å². The van der Waals surface area contributed by atoms with E-state index in [1.165, 1.54) is 0 Å². The van der Waals surface area contributed by atoms with E-state index >= 15 is 0 Å². The fourth-order valence-electron chi connectivity index (χ4n) is 2.83. The molecule has 0 unspecified atom stereocenters. The van der Waals surface area contributed by atoms with Crippen molar-refractivity contribution in [2.24, 2.45) is 0 Å². The Labute approximate surface area is 171 Å². The summed E-state index contributed by atoms with van der Waals surface area (Å²) in [5.41, 5.74) is 2.02. The Morgan fingerprint density at radius 2 is 1.75 bits per heavy atom. The van der Waals surface area contributed by atoms with Gasteiger partial charge in [-0.25, -0.2) is 0 Å². The van der Waals surface area contributed by atoms with E-state index in [0.717, 1.165) is 11.1 Å². The van der Waals surface area contributed by atoms with Gasteiger partial charge in [0.1, 0.15) is 6.04 Å². The maximum Gasteiger partial charge on any atom is 0.242 e. The van der Waals surface area contributed by atoms with Gasteiger partial charge < -0.3 is 15.0 Å². The molecule has 2 amide bonds. The van der Waals surface area contributed by atoms with Gasteiger partial charge in [0.2, 0.25) is 11.8 Å². The third-order valence-corrected chi connectivity index (χ3v) is 4.76. The highest BCUT2D eigenvalue weighted by Crippen LogP contribution is 2.15. The Morgan fingerprint density at radius 3 is 2.39 bits per heavy atom. The summed E-state index contributed by atoms with van der Waals surface area (Å²) >= 11 is 5.96. The summed E-state index contributed by atoms with van der Waals surface area (Å²) in [6.07, 6.45) is 0.974. The zero-order valence-electron chi connectivity index (χ0n) is 16.4. The molecule has 0 heterocycles. The van der Waals surface area contributed by atoms with Crippen molar-refractivity contribution in [3.63, 3.8) is 0 Å². The number of ether oxygens (including phenoxy) is 1. The highest BCUT2D eigenvalue weighted by Gasteiger charge is 2.25. The fraction of sp³-hybridized carbons (Fsp3) is 0.364. The van der Waals surface area contributed by atoms with Crippen LogP contribution in [-0.2, 0) is 27.3 Å². The number of hydrogen-bond donors (Lipinski definition) is 1. The first kappa shape index (κ1) is 21.9. The van der Waals surface area contributed by atoms with E-state index in [1.54, 1.807) is 31.1 Å². The first-order valence-electron chi connectivity index (χ1n) is 9.35. The lowest BCUT2D eigenvalue weighted by Gasteiger charge is -2.29.